The van der Waals surface area contributed by atoms with Gasteiger partial charge in [0.2, 0.25) is 0 Å². The molecule has 0 amide bonds. The van der Waals surface area contributed by atoms with Crippen molar-refractivity contribution >= 4 is 23.9 Å². The molecule has 6 unspecified atom stereocenters. The van der Waals surface area contributed by atoms with E-state index in [-0.39, 0.29) is 25.9 Å². The Bertz CT molecular complexity index is 1510. The first kappa shape index (κ1) is 74.0. The minimum Gasteiger partial charge on any atom is -0.479 e. The molecule has 6 atom stereocenters. The van der Waals surface area contributed by atoms with E-state index < -0.39 is 67.3 Å². The highest BCUT2D eigenvalue weighted by atomic mass is 16.7. The summed E-state index contributed by atoms with van der Waals surface area (Å²) in [6.07, 6.45) is 53.8. The number of carbonyl (C=O) groups excluding carboxylic acids is 3. The largest absolute Gasteiger partial charge is 0.479 e. The van der Waals surface area contributed by atoms with Crippen LogP contribution in [0.2, 0.25) is 0 Å². The molecule has 0 aromatic heterocycles. The van der Waals surface area contributed by atoms with Crippen LogP contribution in [0, 0.1) is 0 Å². The number of unbranched alkanes of at least 4 members (excludes halogenated alkanes) is 37. The zero-order chi connectivity index (χ0) is 57.5. The van der Waals surface area contributed by atoms with Crippen LogP contribution in [-0.4, -0.2) is 89.2 Å². The van der Waals surface area contributed by atoms with Crippen molar-refractivity contribution in [3.63, 3.8) is 0 Å². The first-order valence-corrected chi connectivity index (χ1v) is 33.0. The van der Waals surface area contributed by atoms with Gasteiger partial charge in [-0.25, -0.2) is 4.79 Å². The van der Waals surface area contributed by atoms with Crippen molar-refractivity contribution in [3.05, 3.63) is 36.5 Å². The van der Waals surface area contributed by atoms with Crippen LogP contribution in [0.1, 0.15) is 316 Å². The van der Waals surface area contributed by atoms with Gasteiger partial charge in [0.05, 0.1) is 6.61 Å². The number of ether oxygens (including phenoxy) is 5. The topological polar surface area (TPSA) is 175 Å². The predicted molar refractivity (Wildman–Crippen MR) is 322 cm³/mol. The Labute approximate surface area is 482 Å². The number of aliphatic carboxylic acids is 1. The van der Waals surface area contributed by atoms with Crippen molar-refractivity contribution in [2.24, 2.45) is 0 Å². The van der Waals surface area contributed by atoms with E-state index in [1.807, 2.05) is 0 Å². The van der Waals surface area contributed by atoms with Gasteiger partial charge < -0.3 is 39.0 Å². The number of esters is 3. The van der Waals surface area contributed by atoms with Gasteiger partial charge >= 0.3 is 23.9 Å². The monoisotopic (exact) mass is 1120 g/mol. The van der Waals surface area contributed by atoms with Crippen LogP contribution in [-0.2, 0) is 42.9 Å². The van der Waals surface area contributed by atoms with Gasteiger partial charge in [-0.3, -0.25) is 14.4 Å². The second-order valence-corrected chi connectivity index (χ2v) is 22.7. The zero-order valence-electron chi connectivity index (χ0n) is 50.9. The number of hydrogen-bond acceptors (Lipinski definition) is 11. The van der Waals surface area contributed by atoms with Gasteiger partial charge in [0.1, 0.15) is 18.8 Å². The smallest absolute Gasteiger partial charge is 0.335 e. The number of allylic oxidation sites excluding steroid dienone is 6. The van der Waals surface area contributed by atoms with Gasteiger partial charge in [0.25, 0.3) is 0 Å². The Hall–Kier alpha value is -3.06. The second-order valence-electron chi connectivity index (χ2n) is 22.7. The molecule has 12 heteroatoms. The molecule has 12 nitrogen and oxygen atoms in total. The Morgan fingerprint density at radius 3 is 1.08 bits per heavy atom. The molecule has 79 heavy (non-hydrogen) atoms. The van der Waals surface area contributed by atoms with Gasteiger partial charge in [0.15, 0.2) is 24.6 Å². The van der Waals surface area contributed by atoms with Crippen molar-refractivity contribution < 1.29 is 58.2 Å². The lowest BCUT2D eigenvalue weighted by molar-refractivity contribution is -0.301. The highest BCUT2D eigenvalue weighted by molar-refractivity contribution is 5.74. The lowest BCUT2D eigenvalue weighted by atomic mass is 9.98. The fourth-order valence-corrected chi connectivity index (χ4v) is 10.1. The van der Waals surface area contributed by atoms with E-state index in [9.17, 15) is 34.5 Å². The maximum absolute atomic E-state index is 13.2. The molecular weight excluding hydrogens is 997 g/mol. The number of aliphatic hydroxyl groups is 2. The number of carboxylic acids is 1. The van der Waals surface area contributed by atoms with Crippen LogP contribution in [0.3, 0.4) is 0 Å². The molecule has 1 fully saturated rings. The summed E-state index contributed by atoms with van der Waals surface area (Å²) in [6, 6.07) is 0. The van der Waals surface area contributed by atoms with Crippen molar-refractivity contribution in [1.82, 2.24) is 0 Å². The van der Waals surface area contributed by atoms with Gasteiger partial charge in [-0.2, -0.15) is 0 Å². The zero-order valence-corrected chi connectivity index (χ0v) is 50.9. The molecule has 1 saturated heterocycles. The van der Waals surface area contributed by atoms with E-state index in [2.05, 4.69) is 57.2 Å². The molecule has 1 aliphatic rings. The molecule has 0 aromatic carbocycles. The molecule has 0 aliphatic carbocycles. The molecule has 1 heterocycles. The van der Waals surface area contributed by atoms with Crippen LogP contribution >= 0.6 is 0 Å². The first-order chi connectivity index (χ1) is 38.6. The van der Waals surface area contributed by atoms with Gasteiger partial charge in [-0.05, 0) is 96.3 Å². The number of rotatable bonds is 57. The summed E-state index contributed by atoms with van der Waals surface area (Å²) in [5, 5.41) is 31.6. The third-order valence-electron chi connectivity index (χ3n) is 15.2. The minimum absolute atomic E-state index is 0.0526. The Balaban J connectivity index is 2.66. The SMILES string of the molecule is CCCCCCCC/C=C\CCCCCCCCCC(=O)OCC(COC1OC(C(=O)O)C(O)C(O)C1OC(=O)CCCCCCC/C=C\CCCCCCCC)OC(=O)CCCCCCCCC/C=C\CCCCCCCC. The highest BCUT2D eigenvalue weighted by Gasteiger charge is 2.50. The molecule has 0 saturated carbocycles. The van der Waals surface area contributed by atoms with Crippen LogP contribution in [0.4, 0.5) is 0 Å². The molecule has 0 aromatic rings. The van der Waals surface area contributed by atoms with Crippen LogP contribution in [0.25, 0.3) is 0 Å². The summed E-state index contributed by atoms with van der Waals surface area (Å²) >= 11 is 0. The Kier molecular flexibility index (Phi) is 51.9. The molecule has 460 valence electrons. The average Bonchev–Trinajstić information content (AvgIpc) is 3.46. The van der Waals surface area contributed by atoms with Gasteiger partial charge in [-0.1, -0.05) is 237 Å². The number of carbonyl (C=O) groups is 4. The summed E-state index contributed by atoms with van der Waals surface area (Å²) in [4.78, 5) is 51.3. The van der Waals surface area contributed by atoms with Crippen molar-refractivity contribution in [2.75, 3.05) is 13.2 Å². The number of carboxylic acid groups (broad SMARTS) is 1. The predicted octanol–water partition coefficient (Wildman–Crippen LogP) is 17.6. The van der Waals surface area contributed by atoms with Crippen LogP contribution < -0.4 is 0 Å². The fraction of sp³-hybridized carbons (Fsp3) is 0.851. The maximum atomic E-state index is 13.2. The van der Waals surface area contributed by atoms with Crippen molar-refractivity contribution in [2.45, 2.75) is 353 Å². The number of hydrogen-bond donors (Lipinski definition) is 3. The lowest BCUT2D eigenvalue weighted by Crippen LogP contribution is -2.61. The van der Waals surface area contributed by atoms with E-state index in [0.717, 1.165) is 96.3 Å². The molecule has 1 aliphatic heterocycles. The second kappa shape index (κ2) is 55.5. The van der Waals surface area contributed by atoms with Crippen molar-refractivity contribution in [1.29, 1.82) is 0 Å². The van der Waals surface area contributed by atoms with Gasteiger partial charge in [0, 0.05) is 19.3 Å². The van der Waals surface area contributed by atoms with E-state index in [4.69, 9.17) is 23.7 Å². The normalized spacial score (nSPS) is 18.0. The summed E-state index contributed by atoms with van der Waals surface area (Å²) in [6.45, 7) is 6.01. The van der Waals surface area contributed by atoms with E-state index >= 15 is 0 Å². The molecule has 1 rings (SSSR count). The average molecular weight is 1120 g/mol. The summed E-state index contributed by atoms with van der Waals surface area (Å²) in [5.74, 6) is -3.11. The molecule has 0 radical (unpaired) electrons. The summed E-state index contributed by atoms with van der Waals surface area (Å²) < 4.78 is 28.5. The first-order valence-electron chi connectivity index (χ1n) is 33.0. The maximum Gasteiger partial charge on any atom is 0.335 e. The summed E-state index contributed by atoms with van der Waals surface area (Å²) in [7, 11) is 0. The minimum atomic E-state index is -1.90. The van der Waals surface area contributed by atoms with Gasteiger partial charge in [-0.15, -0.1) is 0 Å². The quantitative estimate of drug-likeness (QED) is 0.0228. The van der Waals surface area contributed by atoms with Crippen molar-refractivity contribution in [3.8, 4) is 0 Å². The molecule has 0 bridgehead atoms. The number of aliphatic hydroxyl groups excluding tert-OH is 2. The fourth-order valence-electron chi connectivity index (χ4n) is 10.1. The highest BCUT2D eigenvalue weighted by Crippen LogP contribution is 2.27. The lowest BCUT2D eigenvalue weighted by Gasteiger charge is -2.40. The third-order valence-corrected chi connectivity index (χ3v) is 15.2. The molecule has 0 spiro atoms. The third kappa shape index (κ3) is 45.2. The van der Waals surface area contributed by atoms with E-state index in [1.165, 1.54) is 161 Å². The Morgan fingerprint density at radius 1 is 0.405 bits per heavy atom. The summed E-state index contributed by atoms with van der Waals surface area (Å²) in [5.41, 5.74) is 0. The standard InChI is InChI=1S/C67H120O12/c1-4-7-10-13-16-19-22-25-28-30-33-35-38-41-44-47-50-53-59(68)75-56-58(77-60(69)54-51-48-45-42-39-37-34-31-29-26-23-20-17-14-11-8-5-2)57-76-67-65(63(72)62(71)64(79-67)66(73)74)78-61(70)55-52-49-46-43-40-36-32-27-24-21-18-15-12-9-6-3/h25-29,32,58,62-65,67,71-72H,4-24,30-31,33-57H2,1-3H3,(H,73,74)/b28-25-,29-26-,32-27-. The van der Waals surface area contributed by atoms with E-state index in [1.54, 1.807) is 0 Å². The molecular formula is C67H120O12. The molecule has 3 N–H and O–H groups in total. The van der Waals surface area contributed by atoms with E-state index in [0.29, 0.717) is 19.3 Å². The van der Waals surface area contributed by atoms with Crippen LogP contribution in [0.15, 0.2) is 36.5 Å². The Morgan fingerprint density at radius 2 is 0.722 bits per heavy atom. The van der Waals surface area contributed by atoms with Crippen LogP contribution in [0.5, 0.6) is 0 Å².